The van der Waals surface area contributed by atoms with E-state index in [1.165, 1.54) is 13.2 Å². The zero-order chi connectivity index (χ0) is 13.5. The number of hydrogen-bond donors (Lipinski definition) is 1. The van der Waals surface area contributed by atoms with E-state index in [4.69, 9.17) is 10.5 Å². The fourth-order valence-electron chi connectivity index (χ4n) is 2.41. The van der Waals surface area contributed by atoms with Crippen LogP contribution in [-0.2, 0) is 0 Å². The van der Waals surface area contributed by atoms with Gasteiger partial charge in [-0.25, -0.2) is 4.39 Å². The molecule has 3 heteroatoms. The lowest BCUT2D eigenvalue weighted by Gasteiger charge is -2.23. The molecule has 0 heterocycles. The van der Waals surface area contributed by atoms with Gasteiger partial charge in [-0.1, -0.05) is 32.8 Å². The normalized spacial score (nSPS) is 12.8. The summed E-state index contributed by atoms with van der Waals surface area (Å²) in [4.78, 5) is 0. The van der Waals surface area contributed by atoms with Crippen LogP contribution in [0.2, 0.25) is 0 Å². The highest BCUT2D eigenvalue weighted by atomic mass is 19.1. The zero-order valence-corrected chi connectivity index (χ0v) is 11.6. The molecule has 18 heavy (non-hydrogen) atoms. The van der Waals surface area contributed by atoms with Crippen molar-refractivity contribution in [3.8, 4) is 5.75 Å². The Morgan fingerprint density at radius 3 is 2.28 bits per heavy atom. The van der Waals surface area contributed by atoms with Gasteiger partial charge in [0.1, 0.15) is 0 Å². The molecule has 1 aromatic rings. The minimum atomic E-state index is -0.336. The summed E-state index contributed by atoms with van der Waals surface area (Å²) in [6.07, 6.45) is 4.39. The first kappa shape index (κ1) is 15.0. The summed E-state index contributed by atoms with van der Waals surface area (Å²) in [6.45, 7) is 4.31. The van der Waals surface area contributed by atoms with Gasteiger partial charge in [-0.3, -0.25) is 0 Å². The smallest absolute Gasteiger partial charge is 0.165 e. The average molecular weight is 253 g/mol. The van der Waals surface area contributed by atoms with Crippen molar-refractivity contribution in [3.63, 3.8) is 0 Å². The Morgan fingerprint density at radius 1 is 1.22 bits per heavy atom. The van der Waals surface area contributed by atoms with Crippen LogP contribution in [0.1, 0.15) is 51.1 Å². The maximum absolute atomic E-state index is 13.7. The second kappa shape index (κ2) is 7.37. The molecular formula is C15H24FNO. The van der Waals surface area contributed by atoms with Crippen molar-refractivity contribution < 1.29 is 9.13 Å². The topological polar surface area (TPSA) is 35.2 Å². The van der Waals surface area contributed by atoms with Crippen LogP contribution in [0.25, 0.3) is 0 Å². The first-order valence-corrected chi connectivity index (χ1v) is 6.73. The molecule has 0 spiro atoms. The van der Waals surface area contributed by atoms with E-state index in [0.717, 1.165) is 31.2 Å². The van der Waals surface area contributed by atoms with E-state index in [0.29, 0.717) is 5.92 Å². The van der Waals surface area contributed by atoms with Crippen molar-refractivity contribution in [1.29, 1.82) is 0 Å². The highest BCUT2D eigenvalue weighted by Gasteiger charge is 2.19. The quantitative estimate of drug-likeness (QED) is 0.795. The van der Waals surface area contributed by atoms with Gasteiger partial charge in [-0.2, -0.15) is 0 Å². The van der Waals surface area contributed by atoms with E-state index in [-0.39, 0.29) is 17.6 Å². The molecule has 0 saturated carbocycles. The number of hydrogen-bond acceptors (Lipinski definition) is 2. The molecule has 0 amide bonds. The Hall–Kier alpha value is -1.09. The molecular weight excluding hydrogens is 229 g/mol. The van der Waals surface area contributed by atoms with Gasteiger partial charge < -0.3 is 10.5 Å². The lowest BCUT2D eigenvalue weighted by atomic mass is 9.87. The second-order valence-electron chi connectivity index (χ2n) is 4.76. The molecule has 0 aromatic heterocycles. The molecule has 2 nitrogen and oxygen atoms in total. The fourth-order valence-corrected chi connectivity index (χ4v) is 2.41. The fraction of sp³-hybridized carbons (Fsp3) is 0.600. The molecule has 1 atom stereocenters. The van der Waals surface area contributed by atoms with Crippen molar-refractivity contribution in [2.24, 2.45) is 11.7 Å². The van der Waals surface area contributed by atoms with Gasteiger partial charge in [0.25, 0.3) is 0 Å². The molecule has 1 rings (SSSR count). The lowest BCUT2D eigenvalue weighted by molar-refractivity contribution is 0.363. The predicted molar refractivity (Wildman–Crippen MR) is 73.2 cm³/mol. The van der Waals surface area contributed by atoms with Crippen LogP contribution in [0.15, 0.2) is 18.2 Å². The van der Waals surface area contributed by atoms with Gasteiger partial charge in [-0.15, -0.1) is 0 Å². The summed E-state index contributed by atoms with van der Waals surface area (Å²) in [5.41, 5.74) is 7.13. The summed E-state index contributed by atoms with van der Waals surface area (Å²) < 4.78 is 18.6. The summed E-state index contributed by atoms with van der Waals surface area (Å²) in [5.74, 6) is 0.360. The monoisotopic (exact) mass is 253 g/mol. The number of rotatable bonds is 7. The van der Waals surface area contributed by atoms with Crippen LogP contribution in [0.5, 0.6) is 5.75 Å². The maximum Gasteiger partial charge on any atom is 0.165 e. The molecule has 1 aromatic carbocycles. The van der Waals surface area contributed by atoms with Gasteiger partial charge >= 0.3 is 0 Å². The van der Waals surface area contributed by atoms with Crippen molar-refractivity contribution in [2.45, 2.75) is 45.6 Å². The molecule has 2 N–H and O–H groups in total. The minimum absolute atomic E-state index is 0.0923. The minimum Gasteiger partial charge on any atom is -0.494 e. The number of methoxy groups -OCH3 is 1. The summed E-state index contributed by atoms with van der Waals surface area (Å²) in [7, 11) is 1.47. The van der Waals surface area contributed by atoms with Crippen molar-refractivity contribution in [2.75, 3.05) is 7.11 Å². The number of nitrogens with two attached hydrogens (primary N) is 1. The van der Waals surface area contributed by atoms with Gasteiger partial charge in [0, 0.05) is 6.04 Å². The second-order valence-corrected chi connectivity index (χ2v) is 4.76. The first-order valence-electron chi connectivity index (χ1n) is 6.73. The molecule has 0 saturated heterocycles. The Morgan fingerprint density at radius 2 is 1.83 bits per heavy atom. The summed E-state index contributed by atoms with van der Waals surface area (Å²) in [5, 5.41) is 0. The van der Waals surface area contributed by atoms with Gasteiger partial charge in [0.05, 0.1) is 7.11 Å². The highest BCUT2D eigenvalue weighted by molar-refractivity contribution is 5.31. The van der Waals surface area contributed by atoms with E-state index in [1.54, 1.807) is 6.07 Å². The highest BCUT2D eigenvalue weighted by Crippen LogP contribution is 2.29. The Bertz CT molecular complexity index is 362. The Balaban J connectivity index is 2.86. The molecule has 102 valence electrons. The third-order valence-corrected chi connectivity index (χ3v) is 3.39. The number of benzene rings is 1. The Labute approximate surface area is 109 Å². The standard InChI is InChI=1S/C15H24FNO/c1-4-6-11(7-5-2)15(17)12-8-9-14(18-3)13(16)10-12/h8-11,15H,4-7,17H2,1-3H3. The van der Waals surface area contributed by atoms with Crippen molar-refractivity contribution in [1.82, 2.24) is 0 Å². The van der Waals surface area contributed by atoms with E-state index < -0.39 is 0 Å². The van der Waals surface area contributed by atoms with Crippen LogP contribution in [0, 0.1) is 11.7 Å². The van der Waals surface area contributed by atoms with E-state index in [9.17, 15) is 4.39 Å². The van der Waals surface area contributed by atoms with Gasteiger partial charge in [0.15, 0.2) is 11.6 Å². The van der Waals surface area contributed by atoms with Gasteiger partial charge in [0.2, 0.25) is 0 Å². The molecule has 0 aliphatic rings. The zero-order valence-electron chi connectivity index (χ0n) is 11.6. The van der Waals surface area contributed by atoms with Crippen LogP contribution < -0.4 is 10.5 Å². The average Bonchev–Trinajstić information content (AvgIpc) is 2.37. The van der Waals surface area contributed by atoms with Crippen LogP contribution in [0.4, 0.5) is 4.39 Å². The van der Waals surface area contributed by atoms with E-state index in [2.05, 4.69) is 13.8 Å². The number of ether oxygens (including phenoxy) is 1. The SMILES string of the molecule is CCCC(CCC)C(N)c1ccc(OC)c(F)c1. The third-order valence-electron chi connectivity index (χ3n) is 3.39. The molecule has 0 bridgehead atoms. The molecule has 0 aliphatic heterocycles. The molecule has 0 radical (unpaired) electrons. The summed E-state index contributed by atoms with van der Waals surface area (Å²) >= 11 is 0. The van der Waals surface area contributed by atoms with E-state index in [1.807, 2.05) is 6.07 Å². The van der Waals surface area contributed by atoms with Crippen LogP contribution in [-0.4, -0.2) is 7.11 Å². The number of halogens is 1. The maximum atomic E-state index is 13.7. The van der Waals surface area contributed by atoms with Gasteiger partial charge in [-0.05, 0) is 36.5 Å². The lowest BCUT2D eigenvalue weighted by Crippen LogP contribution is -2.21. The summed E-state index contributed by atoms with van der Waals surface area (Å²) in [6, 6.07) is 4.93. The molecule has 0 fully saturated rings. The van der Waals surface area contributed by atoms with Crippen molar-refractivity contribution in [3.05, 3.63) is 29.6 Å². The largest absolute Gasteiger partial charge is 0.494 e. The van der Waals surface area contributed by atoms with Crippen molar-refractivity contribution >= 4 is 0 Å². The predicted octanol–water partition coefficient (Wildman–Crippen LogP) is 4.05. The Kier molecular flexibility index (Phi) is 6.13. The molecule has 0 aliphatic carbocycles. The van der Waals surface area contributed by atoms with Crippen LogP contribution in [0.3, 0.4) is 0 Å². The molecule has 1 unspecified atom stereocenters. The van der Waals surface area contributed by atoms with E-state index >= 15 is 0 Å². The van der Waals surface area contributed by atoms with Crippen LogP contribution >= 0.6 is 0 Å². The third kappa shape index (κ3) is 3.70. The first-order chi connectivity index (χ1) is 8.63.